The van der Waals surface area contributed by atoms with Crippen molar-refractivity contribution < 1.29 is 19.1 Å². The highest BCUT2D eigenvalue weighted by Gasteiger charge is 2.26. The van der Waals surface area contributed by atoms with E-state index in [1.807, 2.05) is 32.9 Å². The van der Waals surface area contributed by atoms with E-state index in [1.54, 1.807) is 18.2 Å². The molecule has 0 saturated heterocycles. The first kappa shape index (κ1) is 21.4. The van der Waals surface area contributed by atoms with Gasteiger partial charge in [0, 0.05) is 41.4 Å². The summed E-state index contributed by atoms with van der Waals surface area (Å²) >= 11 is 0. The van der Waals surface area contributed by atoms with Crippen LogP contribution in [-0.4, -0.2) is 36.6 Å². The van der Waals surface area contributed by atoms with Crippen molar-refractivity contribution in [3.05, 3.63) is 53.2 Å². The van der Waals surface area contributed by atoms with E-state index in [-0.39, 0.29) is 17.4 Å². The second-order valence-corrected chi connectivity index (χ2v) is 7.60. The Morgan fingerprint density at radius 3 is 2.62 bits per heavy atom. The maximum Gasteiger partial charge on any atom is 0.252 e. The molecular weight excluding hydrogens is 408 g/mol. The predicted octanol–water partition coefficient (Wildman–Crippen LogP) is 3.72. The molecule has 2 aromatic carbocycles. The van der Waals surface area contributed by atoms with Crippen molar-refractivity contribution in [1.29, 1.82) is 0 Å². The van der Waals surface area contributed by atoms with E-state index in [0.717, 1.165) is 11.3 Å². The fourth-order valence-electron chi connectivity index (χ4n) is 4.04. The lowest BCUT2D eigenvalue weighted by molar-refractivity contribution is 0.0940. The number of benzene rings is 2. The monoisotopic (exact) mass is 434 g/mol. The number of fused-ring (bicyclic) bond motifs is 2. The first-order valence-electron chi connectivity index (χ1n) is 10.6. The molecule has 1 atom stereocenters. The molecule has 1 unspecified atom stereocenters. The number of anilines is 2. The van der Waals surface area contributed by atoms with Crippen LogP contribution in [-0.2, 0) is 0 Å². The average molecular weight is 434 g/mol. The number of nitrogens with one attached hydrogen (secondary N) is 2. The molecule has 2 heterocycles. The van der Waals surface area contributed by atoms with Crippen LogP contribution in [0, 0.1) is 0 Å². The van der Waals surface area contributed by atoms with Crippen LogP contribution >= 0.6 is 0 Å². The van der Waals surface area contributed by atoms with Crippen molar-refractivity contribution in [3.8, 4) is 11.5 Å². The molecule has 0 saturated carbocycles. The third kappa shape index (κ3) is 3.79. The number of primary amides is 1. The van der Waals surface area contributed by atoms with Gasteiger partial charge in [-0.3, -0.25) is 14.6 Å². The van der Waals surface area contributed by atoms with Crippen LogP contribution in [0.4, 0.5) is 11.4 Å². The quantitative estimate of drug-likeness (QED) is 0.522. The molecule has 4 N–H and O–H groups in total. The molecule has 0 fully saturated rings. The summed E-state index contributed by atoms with van der Waals surface area (Å²) in [5, 5.41) is 6.94. The molecule has 0 aliphatic carbocycles. The molecule has 1 aliphatic heterocycles. The van der Waals surface area contributed by atoms with Crippen molar-refractivity contribution in [2.75, 3.05) is 25.1 Å². The maximum atomic E-state index is 12.4. The van der Waals surface area contributed by atoms with E-state index in [4.69, 9.17) is 15.2 Å². The minimum atomic E-state index is -0.607. The van der Waals surface area contributed by atoms with Crippen LogP contribution in [0.3, 0.4) is 0 Å². The van der Waals surface area contributed by atoms with Crippen molar-refractivity contribution in [2.24, 2.45) is 5.73 Å². The van der Waals surface area contributed by atoms with Gasteiger partial charge in [0.15, 0.2) is 11.5 Å². The van der Waals surface area contributed by atoms with Gasteiger partial charge in [-0.1, -0.05) is 13.0 Å². The summed E-state index contributed by atoms with van der Waals surface area (Å²) in [7, 11) is 0. The Morgan fingerprint density at radius 1 is 1.22 bits per heavy atom. The van der Waals surface area contributed by atoms with E-state index >= 15 is 0 Å². The summed E-state index contributed by atoms with van der Waals surface area (Å²) in [4.78, 5) is 29.1. The van der Waals surface area contributed by atoms with E-state index < -0.39 is 5.91 Å². The molecular formula is C24H26N4O4. The maximum absolute atomic E-state index is 12.4. The largest absolute Gasteiger partial charge is 0.490 e. The zero-order valence-electron chi connectivity index (χ0n) is 18.3. The number of rotatable bonds is 7. The lowest BCUT2D eigenvalue weighted by Crippen LogP contribution is -2.34. The molecule has 166 valence electrons. The summed E-state index contributed by atoms with van der Waals surface area (Å²) in [6.45, 7) is 7.30. The number of nitrogens with two attached hydrogens (primary N) is 1. The highest BCUT2D eigenvalue weighted by atomic mass is 16.5. The van der Waals surface area contributed by atoms with Gasteiger partial charge in [-0.05, 0) is 37.6 Å². The Bertz CT molecular complexity index is 1210. The van der Waals surface area contributed by atoms with Gasteiger partial charge in [0.2, 0.25) is 0 Å². The number of carbonyl (C=O) groups is 2. The molecule has 1 aliphatic rings. The van der Waals surface area contributed by atoms with Crippen LogP contribution in [0.2, 0.25) is 0 Å². The highest BCUT2D eigenvalue weighted by Crippen LogP contribution is 2.39. The molecule has 0 spiro atoms. The van der Waals surface area contributed by atoms with Crippen LogP contribution in [0.1, 0.15) is 53.0 Å². The standard InChI is InChI=1S/C24H26N4O4/c1-4-31-19-9-15-18(10-20(19)32-5-2)26-12-16(23(25)29)22(15)28-17-8-6-7-14-21(17)13(3)11-27-24(14)30/h6-10,12-13H,4-5,11H2,1-3H3,(H2,25,29)(H,26,28)(H,27,30). The van der Waals surface area contributed by atoms with E-state index in [0.29, 0.717) is 53.4 Å². The van der Waals surface area contributed by atoms with Crippen molar-refractivity contribution in [3.63, 3.8) is 0 Å². The smallest absolute Gasteiger partial charge is 0.252 e. The van der Waals surface area contributed by atoms with Gasteiger partial charge >= 0.3 is 0 Å². The SMILES string of the molecule is CCOc1cc2ncc(C(N)=O)c(Nc3cccc4c3C(C)CNC4=O)c2cc1OCC. The second kappa shape index (κ2) is 8.74. The topological polar surface area (TPSA) is 116 Å². The molecule has 1 aromatic heterocycles. The molecule has 4 rings (SSSR count). The Hall–Kier alpha value is -3.81. The van der Waals surface area contributed by atoms with Gasteiger partial charge in [-0.2, -0.15) is 0 Å². The molecule has 2 amide bonds. The van der Waals surface area contributed by atoms with Gasteiger partial charge in [0.05, 0.1) is 30.0 Å². The summed E-state index contributed by atoms with van der Waals surface area (Å²) in [5.74, 6) is 0.506. The number of pyridine rings is 1. The number of carbonyl (C=O) groups excluding carboxylic acids is 2. The van der Waals surface area contributed by atoms with Gasteiger partial charge in [-0.25, -0.2) is 0 Å². The predicted molar refractivity (Wildman–Crippen MR) is 123 cm³/mol. The van der Waals surface area contributed by atoms with Crippen LogP contribution in [0.25, 0.3) is 10.9 Å². The van der Waals surface area contributed by atoms with Crippen LogP contribution in [0.5, 0.6) is 11.5 Å². The molecule has 0 bridgehead atoms. The zero-order valence-corrected chi connectivity index (χ0v) is 18.3. The van der Waals surface area contributed by atoms with Crippen molar-refractivity contribution in [1.82, 2.24) is 10.3 Å². The van der Waals surface area contributed by atoms with Crippen molar-refractivity contribution >= 4 is 34.1 Å². The average Bonchev–Trinajstić information content (AvgIpc) is 2.77. The summed E-state index contributed by atoms with van der Waals surface area (Å²) in [6, 6.07) is 9.09. The minimum absolute atomic E-state index is 0.0973. The summed E-state index contributed by atoms with van der Waals surface area (Å²) < 4.78 is 11.5. The number of hydrogen-bond donors (Lipinski definition) is 3. The van der Waals surface area contributed by atoms with E-state index in [2.05, 4.69) is 15.6 Å². The lowest BCUT2D eigenvalue weighted by Gasteiger charge is -2.26. The molecule has 0 radical (unpaired) electrons. The summed E-state index contributed by atoms with van der Waals surface area (Å²) in [5.41, 5.74) is 9.31. The second-order valence-electron chi connectivity index (χ2n) is 7.60. The van der Waals surface area contributed by atoms with Crippen molar-refractivity contribution in [2.45, 2.75) is 26.7 Å². The normalized spacial score (nSPS) is 15.1. The third-order valence-corrected chi connectivity index (χ3v) is 5.47. The highest BCUT2D eigenvalue weighted by molar-refractivity contribution is 6.08. The molecule has 32 heavy (non-hydrogen) atoms. The lowest BCUT2D eigenvalue weighted by atomic mass is 9.90. The first-order chi connectivity index (χ1) is 15.4. The zero-order chi connectivity index (χ0) is 22.8. The third-order valence-electron chi connectivity index (χ3n) is 5.47. The van der Waals surface area contributed by atoms with Gasteiger partial charge in [0.25, 0.3) is 11.8 Å². The number of ether oxygens (including phenoxy) is 2. The number of aromatic nitrogens is 1. The molecule has 3 aromatic rings. The fourth-order valence-corrected chi connectivity index (χ4v) is 4.04. The van der Waals surface area contributed by atoms with Crippen LogP contribution < -0.4 is 25.8 Å². The number of nitrogens with zero attached hydrogens (tertiary/aromatic N) is 1. The van der Waals surface area contributed by atoms with Gasteiger partial charge in [-0.15, -0.1) is 0 Å². The fraction of sp³-hybridized carbons (Fsp3) is 0.292. The Labute approximate surface area is 186 Å². The van der Waals surface area contributed by atoms with Gasteiger partial charge in [0.1, 0.15) is 0 Å². The molecule has 8 nitrogen and oxygen atoms in total. The first-order valence-corrected chi connectivity index (χ1v) is 10.6. The molecule has 8 heteroatoms. The number of hydrogen-bond acceptors (Lipinski definition) is 6. The van der Waals surface area contributed by atoms with E-state index in [9.17, 15) is 9.59 Å². The van der Waals surface area contributed by atoms with Gasteiger partial charge < -0.3 is 25.8 Å². The Balaban J connectivity index is 1.93. The Morgan fingerprint density at radius 2 is 1.94 bits per heavy atom. The number of amides is 2. The minimum Gasteiger partial charge on any atom is -0.490 e. The summed E-state index contributed by atoms with van der Waals surface area (Å²) in [6.07, 6.45) is 1.45. The van der Waals surface area contributed by atoms with Crippen LogP contribution in [0.15, 0.2) is 36.5 Å². The van der Waals surface area contributed by atoms with E-state index in [1.165, 1.54) is 6.20 Å². The Kier molecular flexibility index (Phi) is 5.85.